The molecule has 0 radical (unpaired) electrons. The summed E-state index contributed by atoms with van der Waals surface area (Å²) in [5, 5.41) is 20.9. The van der Waals surface area contributed by atoms with Gasteiger partial charge in [-0.3, -0.25) is 4.79 Å². The monoisotopic (exact) mass is 336 g/mol. The van der Waals surface area contributed by atoms with Gasteiger partial charge >= 0.3 is 5.97 Å². The summed E-state index contributed by atoms with van der Waals surface area (Å²) in [7, 11) is 0. The number of nitrogens with zero attached hydrogens (tertiary/aromatic N) is 1. The third-order valence-electron chi connectivity index (χ3n) is 2.45. The number of amides is 1. The van der Waals surface area contributed by atoms with Gasteiger partial charge in [0.15, 0.2) is 0 Å². The molecule has 102 valence electrons. The van der Waals surface area contributed by atoms with E-state index in [9.17, 15) is 14.7 Å². The van der Waals surface area contributed by atoms with Crippen LogP contribution in [0.2, 0.25) is 0 Å². The molecular formula is C13H9BrN2O4. The predicted molar refractivity (Wildman–Crippen MR) is 75.0 cm³/mol. The summed E-state index contributed by atoms with van der Waals surface area (Å²) in [5.41, 5.74) is 0.224. The number of aromatic nitrogens is 1. The smallest absolute Gasteiger partial charge is 0.335 e. The van der Waals surface area contributed by atoms with Crippen LogP contribution in [0.1, 0.15) is 20.8 Å². The lowest BCUT2D eigenvalue weighted by atomic mass is 10.2. The molecule has 3 N–H and O–H groups in total. The number of hydrogen-bond donors (Lipinski definition) is 3. The first-order chi connectivity index (χ1) is 9.47. The van der Waals surface area contributed by atoms with E-state index >= 15 is 0 Å². The highest BCUT2D eigenvalue weighted by atomic mass is 79.9. The second kappa shape index (κ2) is 5.70. The van der Waals surface area contributed by atoms with Crippen LogP contribution in [0, 0.1) is 0 Å². The first-order valence-corrected chi connectivity index (χ1v) is 6.26. The van der Waals surface area contributed by atoms with E-state index in [-0.39, 0.29) is 22.7 Å². The van der Waals surface area contributed by atoms with E-state index in [1.807, 2.05) is 0 Å². The van der Waals surface area contributed by atoms with Gasteiger partial charge in [-0.15, -0.1) is 0 Å². The Hall–Kier alpha value is -2.41. The SMILES string of the molecule is O=C(O)c1ccc(NC(=O)c2ccc(Br)cn2)c(O)c1. The van der Waals surface area contributed by atoms with Crippen molar-refractivity contribution >= 4 is 33.5 Å². The standard InChI is InChI=1S/C13H9BrN2O4/c14-8-2-4-10(15-6-8)12(18)16-9-3-1-7(13(19)20)5-11(9)17/h1-6,17H,(H,16,18)(H,19,20). The van der Waals surface area contributed by atoms with E-state index in [1.165, 1.54) is 24.4 Å². The number of benzene rings is 1. The molecule has 0 unspecified atom stereocenters. The van der Waals surface area contributed by atoms with Gasteiger partial charge < -0.3 is 15.5 Å². The second-order valence-corrected chi connectivity index (χ2v) is 4.77. The molecule has 1 amide bonds. The maximum absolute atomic E-state index is 11.9. The molecule has 2 aromatic rings. The molecule has 0 aliphatic heterocycles. The quantitative estimate of drug-likeness (QED) is 0.748. The summed E-state index contributed by atoms with van der Waals surface area (Å²) in [6, 6.07) is 6.84. The van der Waals surface area contributed by atoms with E-state index < -0.39 is 11.9 Å². The molecule has 0 aliphatic rings. The van der Waals surface area contributed by atoms with Crippen LogP contribution in [0.15, 0.2) is 41.0 Å². The van der Waals surface area contributed by atoms with Crippen molar-refractivity contribution in [3.05, 3.63) is 52.3 Å². The van der Waals surface area contributed by atoms with Crippen molar-refractivity contribution in [3.8, 4) is 5.75 Å². The maximum Gasteiger partial charge on any atom is 0.335 e. The topological polar surface area (TPSA) is 99.5 Å². The van der Waals surface area contributed by atoms with Crippen LogP contribution in [-0.2, 0) is 0 Å². The molecule has 0 saturated heterocycles. The number of nitrogens with one attached hydrogen (secondary N) is 1. The zero-order chi connectivity index (χ0) is 14.7. The van der Waals surface area contributed by atoms with Crippen LogP contribution in [-0.4, -0.2) is 27.1 Å². The lowest BCUT2D eigenvalue weighted by molar-refractivity contribution is 0.0696. The normalized spacial score (nSPS) is 10.1. The number of halogens is 1. The third kappa shape index (κ3) is 3.12. The molecule has 1 aromatic carbocycles. The second-order valence-electron chi connectivity index (χ2n) is 3.85. The molecule has 7 heteroatoms. The van der Waals surface area contributed by atoms with Gasteiger partial charge in [-0.05, 0) is 46.3 Å². The van der Waals surface area contributed by atoms with Crippen LogP contribution in [0.3, 0.4) is 0 Å². The van der Waals surface area contributed by atoms with E-state index in [0.717, 1.165) is 10.5 Å². The molecule has 1 aromatic heterocycles. The average molecular weight is 337 g/mol. The third-order valence-corrected chi connectivity index (χ3v) is 2.92. The Bertz CT molecular complexity index is 671. The highest BCUT2D eigenvalue weighted by molar-refractivity contribution is 9.10. The lowest BCUT2D eigenvalue weighted by Gasteiger charge is -2.07. The number of aromatic carboxylic acids is 1. The highest BCUT2D eigenvalue weighted by Gasteiger charge is 2.12. The summed E-state index contributed by atoms with van der Waals surface area (Å²) in [5.74, 6) is -1.99. The van der Waals surface area contributed by atoms with Crippen molar-refractivity contribution in [2.45, 2.75) is 0 Å². The van der Waals surface area contributed by atoms with Crippen LogP contribution in [0.5, 0.6) is 5.75 Å². The Morgan fingerprint density at radius 3 is 2.50 bits per heavy atom. The number of carboxylic acid groups (broad SMARTS) is 1. The van der Waals surface area contributed by atoms with Crippen LogP contribution in [0.25, 0.3) is 0 Å². The minimum absolute atomic E-state index is 0.0673. The number of anilines is 1. The van der Waals surface area contributed by atoms with Gasteiger partial charge in [0.25, 0.3) is 5.91 Å². The summed E-state index contributed by atoms with van der Waals surface area (Å²) in [4.78, 5) is 26.5. The number of rotatable bonds is 3. The Labute approximate surface area is 122 Å². The fraction of sp³-hybridized carbons (Fsp3) is 0. The van der Waals surface area contributed by atoms with Gasteiger partial charge in [-0.1, -0.05) is 0 Å². The molecule has 0 spiro atoms. The molecule has 6 nitrogen and oxygen atoms in total. The Kier molecular flexibility index (Phi) is 3.99. The Morgan fingerprint density at radius 1 is 1.20 bits per heavy atom. The van der Waals surface area contributed by atoms with Gasteiger partial charge in [-0.2, -0.15) is 0 Å². The van der Waals surface area contributed by atoms with Gasteiger partial charge in [0.2, 0.25) is 0 Å². The van der Waals surface area contributed by atoms with Crippen LogP contribution < -0.4 is 5.32 Å². The molecule has 0 fully saturated rings. The van der Waals surface area contributed by atoms with E-state index in [4.69, 9.17) is 5.11 Å². The highest BCUT2D eigenvalue weighted by Crippen LogP contribution is 2.24. The lowest BCUT2D eigenvalue weighted by Crippen LogP contribution is -2.13. The number of pyridine rings is 1. The molecule has 2 rings (SSSR count). The van der Waals surface area contributed by atoms with E-state index in [2.05, 4.69) is 26.2 Å². The van der Waals surface area contributed by atoms with E-state index in [0.29, 0.717) is 0 Å². The number of phenolic OH excluding ortho intramolecular Hbond substituents is 1. The van der Waals surface area contributed by atoms with Gasteiger partial charge in [0.05, 0.1) is 11.3 Å². The number of aromatic hydroxyl groups is 1. The summed E-state index contributed by atoms with van der Waals surface area (Å²) < 4.78 is 0.739. The number of carbonyl (C=O) groups is 2. The minimum Gasteiger partial charge on any atom is -0.506 e. The van der Waals surface area contributed by atoms with Crippen molar-refractivity contribution in [1.82, 2.24) is 4.98 Å². The van der Waals surface area contributed by atoms with Crippen LogP contribution >= 0.6 is 15.9 Å². The summed E-state index contributed by atoms with van der Waals surface area (Å²) >= 11 is 3.20. The first-order valence-electron chi connectivity index (χ1n) is 5.46. The van der Waals surface area contributed by atoms with Crippen molar-refractivity contribution < 1.29 is 19.8 Å². The molecule has 0 atom stereocenters. The molecule has 1 heterocycles. The van der Waals surface area contributed by atoms with E-state index in [1.54, 1.807) is 6.07 Å². The molecule has 0 bridgehead atoms. The fourth-order valence-electron chi connectivity index (χ4n) is 1.47. The average Bonchev–Trinajstić information content (AvgIpc) is 2.41. The Balaban J connectivity index is 2.19. The first kappa shape index (κ1) is 14.0. The minimum atomic E-state index is -1.16. The molecule has 0 saturated carbocycles. The van der Waals surface area contributed by atoms with Gasteiger partial charge in [0.1, 0.15) is 11.4 Å². The maximum atomic E-state index is 11.9. The number of carboxylic acids is 1. The number of hydrogen-bond acceptors (Lipinski definition) is 4. The van der Waals surface area contributed by atoms with Crippen molar-refractivity contribution in [1.29, 1.82) is 0 Å². The van der Waals surface area contributed by atoms with Gasteiger partial charge in [0, 0.05) is 10.7 Å². The fourth-order valence-corrected chi connectivity index (χ4v) is 1.70. The summed E-state index contributed by atoms with van der Waals surface area (Å²) in [6.45, 7) is 0. The number of carbonyl (C=O) groups excluding carboxylic acids is 1. The van der Waals surface area contributed by atoms with Crippen molar-refractivity contribution in [2.24, 2.45) is 0 Å². The van der Waals surface area contributed by atoms with Crippen molar-refractivity contribution in [3.63, 3.8) is 0 Å². The summed E-state index contributed by atoms with van der Waals surface area (Å²) in [6.07, 6.45) is 1.47. The number of phenols is 1. The molecule has 0 aliphatic carbocycles. The Morgan fingerprint density at radius 2 is 1.95 bits per heavy atom. The molecular weight excluding hydrogens is 328 g/mol. The zero-order valence-electron chi connectivity index (χ0n) is 10.0. The zero-order valence-corrected chi connectivity index (χ0v) is 11.6. The molecule has 20 heavy (non-hydrogen) atoms. The largest absolute Gasteiger partial charge is 0.506 e. The van der Waals surface area contributed by atoms with Gasteiger partial charge in [-0.25, -0.2) is 9.78 Å². The van der Waals surface area contributed by atoms with Crippen LogP contribution in [0.4, 0.5) is 5.69 Å². The van der Waals surface area contributed by atoms with Crippen molar-refractivity contribution in [2.75, 3.05) is 5.32 Å². The predicted octanol–water partition coefficient (Wildman–Crippen LogP) is 2.50.